The molecule has 2 aromatic heterocycles. The van der Waals surface area contributed by atoms with Gasteiger partial charge in [0.1, 0.15) is 9.80 Å². The third-order valence-electron chi connectivity index (χ3n) is 2.15. The van der Waals surface area contributed by atoms with Crippen molar-refractivity contribution in [1.29, 1.82) is 0 Å². The number of thiophene rings is 1. The topological polar surface area (TPSA) is 109 Å². The minimum absolute atomic E-state index is 0.242. The fraction of sp³-hybridized carbons (Fsp3) is 0.100. The van der Waals surface area contributed by atoms with Gasteiger partial charge in [0.2, 0.25) is 0 Å². The van der Waals surface area contributed by atoms with E-state index in [9.17, 15) is 14.9 Å². The average Bonchev–Trinajstić information content (AvgIpc) is 2.94. The highest BCUT2D eigenvalue weighted by Crippen LogP contribution is 2.35. The van der Waals surface area contributed by atoms with Crippen molar-refractivity contribution in [3.8, 4) is 10.6 Å². The van der Waals surface area contributed by atoms with E-state index in [-0.39, 0.29) is 22.2 Å². The van der Waals surface area contributed by atoms with Crippen LogP contribution < -0.4 is 5.73 Å². The van der Waals surface area contributed by atoms with Gasteiger partial charge in [0, 0.05) is 0 Å². The molecule has 2 heterocycles. The van der Waals surface area contributed by atoms with Crippen molar-refractivity contribution >= 4 is 28.9 Å². The molecule has 94 valence electrons. The van der Waals surface area contributed by atoms with Crippen LogP contribution in [0.15, 0.2) is 22.6 Å². The normalized spacial score (nSPS) is 10.3. The number of nitrogen functional groups attached to an aromatic ring is 1. The van der Waals surface area contributed by atoms with Crippen LogP contribution in [0.2, 0.25) is 0 Å². The first-order valence-electron chi connectivity index (χ1n) is 4.75. The molecule has 0 aliphatic heterocycles. The Labute approximate surface area is 105 Å². The van der Waals surface area contributed by atoms with E-state index in [0.717, 1.165) is 11.3 Å². The summed E-state index contributed by atoms with van der Waals surface area (Å²) in [4.78, 5) is 22.0. The molecule has 0 aromatic carbocycles. The second kappa shape index (κ2) is 4.49. The van der Waals surface area contributed by atoms with Crippen LogP contribution in [0.1, 0.15) is 9.67 Å². The molecule has 2 rings (SSSR count). The van der Waals surface area contributed by atoms with Crippen molar-refractivity contribution in [3.05, 3.63) is 33.2 Å². The molecule has 7 nitrogen and oxygen atoms in total. The van der Waals surface area contributed by atoms with Crippen LogP contribution in [-0.4, -0.2) is 18.0 Å². The SMILES string of the molecule is COC(=O)c1sc(-c2ccc([N+](=O)[O-])o2)cc1N. The highest BCUT2D eigenvalue weighted by molar-refractivity contribution is 7.17. The first-order chi connectivity index (χ1) is 8.52. The summed E-state index contributed by atoms with van der Waals surface area (Å²) >= 11 is 1.05. The summed E-state index contributed by atoms with van der Waals surface area (Å²) in [5, 5.41) is 10.5. The van der Waals surface area contributed by atoms with Crippen molar-refractivity contribution in [1.82, 2.24) is 0 Å². The van der Waals surface area contributed by atoms with Crippen LogP contribution in [0.4, 0.5) is 11.6 Å². The third kappa shape index (κ3) is 2.05. The maximum atomic E-state index is 11.4. The number of furan rings is 1. The molecule has 0 aliphatic carbocycles. The highest BCUT2D eigenvalue weighted by Gasteiger charge is 2.19. The highest BCUT2D eigenvalue weighted by atomic mass is 32.1. The fourth-order valence-corrected chi connectivity index (χ4v) is 2.30. The van der Waals surface area contributed by atoms with Gasteiger partial charge in [-0.1, -0.05) is 0 Å². The maximum Gasteiger partial charge on any atom is 0.433 e. The molecule has 0 spiro atoms. The summed E-state index contributed by atoms with van der Waals surface area (Å²) in [6, 6.07) is 4.20. The number of esters is 1. The van der Waals surface area contributed by atoms with Crippen molar-refractivity contribution in [3.63, 3.8) is 0 Å². The number of nitrogens with two attached hydrogens (primary N) is 1. The average molecular weight is 268 g/mol. The second-order valence-corrected chi connectivity index (χ2v) is 4.33. The van der Waals surface area contributed by atoms with Crippen LogP contribution in [0.5, 0.6) is 0 Å². The van der Waals surface area contributed by atoms with Crippen LogP contribution in [-0.2, 0) is 4.74 Å². The van der Waals surface area contributed by atoms with E-state index in [0.29, 0.717) is 4.88 Å². The first kappa shape index (κ1) is 12.1. The van der Waals surface area contributed by atoms with Crippen molar-refractivity contribution in [2.24, 2.45) is 0 Å². The molecule has 0 amide bonds. The fourth-order valence-electron chi connectivity index (χ4n) is 1.34. The number of carbonyl (C=O) groups excluding carboxylic acids is 1. The van der Waals surface area contributed by atoms with E-state index in [4.69, 9.17) is 10.2 Å². The predicted molar refractivity (Wildman–Crippen MR) is 64.4 cm³/mol. The van der Waals surface area contributed by atoms with Crippen LogP contribution >= 0.6 is 11.3 Å². The van der Waals surface area contributed by atoms with Gasteiger partial charge in [-0.2, -0.15) is 0 Å². The summed E-state index contributed by atoms with van der Waals surface area (Å²) < 4.78 is 9.58. The second-order valence-electron chi connectivity index (χ2n) is 3.28. The summed E-state index contributed by atoms with van der Waals surface area (Å²) in [7, 11) is 1.25. The Balaban J connectivity index is 2.39. The number of hydrogen-bond donors (Lipinski definition) is 1. The monoisotopic (exact) mass is 268 g/mol. The summed E-state index contributed by atoms with van der Waals surface area (Å²) in [6.45, 7) is 0. The number of anilines is 1. The number of nitrogens with zero attached hydrogens (tertiary/aromatic N) is 1. The molecule has 0 radical (unpaired) electrons. The lowest BCUT2D eigenvalue weighted by molar-refractivity contribution is -0.401. The van der Waals surface area contributed by atoms with E-state index in [1.54, 1.807) is 0 Å². The quantitative estimate of drug-likeness (QED) is 0.519. The smallest absolute Gasteiger partial charge is 0.433 e. The van der Waals surface area contributed by atoms with Gasteiger partial charge in [0.15, 0.2) is 5.76 Å². The molecule has 0 aliphatic rings. The molecule has 2 N–H and O–H groups in total. The summed E-state index contributed by atoms with van der Waals surface area (Å²) in [5.41, 5.74) is 5.91. The minimum Gasteiger partial charge on any atom is -0.465 e. The minimum atomic E-state index is -0.637. The van der Waals surface area contributed by atoms with E-state index in [1.807, 2.05) is 0 Å². The van der Waals surface area contributed by atoms with Crippen LogP contribution in [0.3, 0.4) is 0 Å². The lowest BCUT2D eigenvalue weighted by atomic mass is 10.3. The first-order valence-corrected chi connectivity index (χ1v) is 5.56. The van der Waals surface area contributed by atoms with Gasteiger partial charge in [0.05, 0.1) is 23.7 Å². The zero-order valence-electron chi connectivity index (χ0n) is 9.21. The number of ether oxygens (including phenoxy) is 1. The number of carbonyl (C=O) groups is 1. The van der Waals surface area contributed by atoms with E-state index in [1.165, 1.54) is 25.3 Å². The molecule has 0 fully saturated rings. The molecular weight excluding hydrogens is 260 g/mol. The molecule has 0 unspecified atom stereocenters. The van der Waals surface area contributed by atoms with Gasteiger partial charge >= 0.3 is 11.9 Å². The molecule has 0 bridgehead atoms. The van der Waals surface area contributed by atoms with Crippen LogP contribution in [0, 0.1) is 10.1 Å². The Morgan fingerprint density at radius 2 is 2.28 bits per heavy atom. The predicted octanol–water partition coefficient (Wildman–Crippen LogP) is 2.29. The number of methoxy groups -OCH3 is 1. The molecule has 0 atom stereocenters. The van der Waals surface area contributed by atoms with E-state index >= 15 is 0 Å². The Hall–Kier alpha value is -2.35. The largest absolute Gasteiger partial charge is 0.465 e. The summed E-state index contributed by atoms with van der Waals surface area (Å²) in [6.07, 6.45) is 0. The zero-order valence-corrected chi connectivity index (χ0v) is 10.0. The zero-order chi connectivity index (χ0) is 13.3. The Morgan fingerprint density at radius 3 is 2.83 bits per heavy atom. The molecule has 2 aromatic rings. The Kier molecular flexibility index (Phi) is 3.02. The Morgan fingerprint density at radius 1 is 1.56 bits per heavy atom. The van der Waals surface area contributed by atoms with Gasteiger partial charge in [-0.25, -0.2) is 4.79 Å². The van der Waals surface area contributed by atoms with Crippen molar-refractivity contribution < 1.29 is 18.9 Å². The van der Waals surface area contributed by atoms with Crippen molar-refractivity contribution in [2.45, 2.75) is 0 Å². The van der Waals surface area contributed by atoms with Gasteiger partial charge in [-0.15, -0.1) is 11.3 Å². The number of nitro groups is 1. The summed E-state index contributed by atoms with van der Waals surface area (Å²) in [5.74, 6) is -0.630. The van der Waals surface area contributed by atoms with Crippen molar-refractivity contribution in [2.75, 3.05) is 12.8 Å². The van der Waals surface area contributed by atoms with Gasteiger partial charge in [0.25, 0.3) is 0 Å². The molecule has 8 heteroatoms. The molecular formula is C10H8N2O5S. The van der Waals surface area contributed by atoms with Crippen LogP contribution in [0.25, 0.3) is 10.6 Å². The number of hydrogen-bond acceptors (Lipinski definition) is 7. The number of rotatable bonds is 3. The molecule has 0 saturated heterocycles. The molecule has 0 saturated carbocycles. The Bertz CT molecular complexity index is 616. The lowest BCUT2D eigenvalue weighted by Crippen LogP contribution is -2.00. The van der Waals surface area contributed by atoms with E-state index in [2.05, 4.69) is 4.74 Å². The standard InChI is InChI=1S/C10H8N2O5S/c1-16-10(13)9-5(11)4-7(18-9)6-2-3-8(17-6)12(14)15/h2-4H,11H2,1H3. The van der Waals surface area contributed by atoms with Gasteiger partial charge < -0.3 is 14.9 Å². The molecule has 18 heavy (non-hydrogen) atoms. The third-order valence-corrected chi connectivity index (χ3v) is 3.29. The maximum absolute atomic E-state index is 11.4. The lowest BCUT2D eigenvalue weighted by Gasteiger charge is -1.94. The van der Waals surface area contributed by atoms with E-state index < -0.39 is 10.9 Å². The van der Waals surface area contributed by atoms with Gasteiger partial charge in [-0.3, -0.25) is 10.1 Å². The van der Waals surface area contributed by atoms with Gasteiger partial charge in [-0.05, 0) is 12.1 Å².